The third kappa shape index (κ3) is 4.42. The largest absolute Gasteiger partial charge is 0.339 e. The van der Waals surface area contributed by atoms with E-state index in [4.69, 9.17) is 4.52 Å². The fraction of sp³-hybridized carbons (Fsp3) is 0.467. The summed E-state index contributed by atoms with van der Waals surface area (Å²) in [7, 11) is 0. The van der Waals surface area contributed by atoms with Crippen LogP contribution >= 0.6 is 15.9 Å². The summed E-state index contributed by atoms with van der Waals surface area (Å²) in [6.07, 6.45) is 2.58. The van der Waals surface area contributed by atoms with Gasteiger partial charge in [-0.3, -0.25) is 0 Å². The van der Waals surface area contributed by atoms with Gasteiger partial charge in [-0.15, -0.1) is 0 Å². The molecular formula is C15H20BrN3O. The van der Waals surface area contributed by atoms with Gasteiger partial charge in [-0.2, -0.15) is 4.98 Å². The van der Waals surface area contributed by atoms with E-state index in [1.807, 2.05) is 18.2 Å². The van der Waals surface area contributed by atoms with Crippen molar-refractivity contribution in [3.8, 4) is 0 Å². The number of nitrogens with one attached hydrogen (secondary N) is 1. The van der Waals surface area contributed by atoms with E-state index in [0.717, 1.165) is 35.2 Å². The second-order valence-corrected chi connectivity index (χ2v) is 5.79. The monoisotopic (exact) mass is 337 g/mol. The van der Waals surface area contributed by atoms with Gasteiger partial charge in [-0.05, 0) is 31.5 Å². The average Bonchev–Trinajstić information content (AvgIpc) is 2.86. The number of hydrogen-bond donors (Lipinski definition) is 1. The Hall–Kier alpha value is -1.20. The molecule has 0 amide bonds. The molecule has 20 heavy (non-hydrogen) atoms. The molecular weight excluding hydrogens is 318 g/mol. The Kier molecular flexibility index (Phi) is 5.73. The van der Waals surface area contributed by atoms with Crippen molar-refractivity contribution >= 4 is 15.9 Å². The summed E-state index contributed by atoms with van der Waals surface area (Å²) in [4.78, 5) is 4.46. The zero-order valence-electron chi connectivity index (χ0n) is 11.9. The highest BCUT2D eigenvalue weighted by Crippen LogP contribution is 2.18. The molecule has 1 atom stereocenters. The molecule has 0 aliphatic heterocycles. The summed E-state index contributed by atoms with van der Waals surface area (Å²) < 4.78 is 6.38. The van der Waals surface area contributed by atoms with Gasteiger partial charge in [0.05, 0.1) is 0 Å². The van der Waals surface area contributed by atoms with Gasteiger partial charge >= 0.3 is 0 Å². The number of rotatable bonds is 7. The topological polar surface area (TPSA) is 51.0 Å². The van der Waals surface area contributed by atoms with Crippen LogP contribution in [0.1, 0.15) is 37.5 Å². The van der Waals surface area contributed by atoms with Gasteiger partial charge in [-0.25, -0.2) is 0 Å². The highest BCUT2D eigenvalue weighted by Gasteiger charge is 2.11. The average molecular weight is 338 g/mol. The Morgan fingerprint density at radius 2 is 2.15 bits per heavy atom. The molecule has 0 fully saturated rings. The summed E-state index contributed by atoms with van der Waals surface area (Å²) in [5.74, 6) is 1.43. The molecule has 2 aromatic rings. The number of nitrogens with zero attached hydrogens (tertiary/aromatic N) is 2. The number of aromatic nitrogens is 2. The lowest BCUT2D eigenvalue weighted by atomic mass is 10.1. The Morgan fingerprint density at radius 3 is 2.90 bits per heavy atom. The molecule has 0 aliphatic rings. The normalized spacial score (nSPS) is 12.6. The highest BCUT2D eigenvalue weighted by atomic mass is 79.9. The molecule has 0 aliphatic carbocycles. The van der Waals surface area contributed by atoms with Crippen LogP contribution in [0.2, 0.25) is 0 Å². The maximum atomic E-state index is 5.31. The lowest BCUT2D eigenvalue weighted by molar-refractivity contribution is 0.358. The third-order valence-electron chi connectivity index (χ3n) is 3.04. The number of hydrogen-bond acceptors (Lipinski definition) is 4. The van der Waals surface area contributed by atoms with Crippen molar-refractivity contribution in [3.05, 3.63) is 46.0 Å². The van der Waals surface area contributed by atoms with Gasteiger partial charge in [0.2, 0.25) is 5.89 Å². The predicted molar refractivity (Wildman–Crippen MR) is 82.7 cm³/mol. The molecule has 1 aromatic heterocycles. The Balaban J connectivity index is 1.94. The first-order chi connectivity index (χ1) is 9.69. The molecule has 1 aromatic carbocycles. The molecule has 5 heteroatoms. The predicted octanol–water partition coefficient (Wildman–Crippen LogP) is 3.35. The van der Waals surface area contributed by atoms with Crippen LogP contribution in [-0.2, 0) is 12.8 Å². The molecule has 0 spiro atoms. The van der Waals surface area contributed by atoms with E-state index in [0.29, 0.717) is 18.4 Å². The summed E-state index contributed by atoms with van der Waals surface area (Å²) in [5, 5.41) is 7.46. The molecule has 1 unspecified atom stereocenters. The fourth-order valence-corrected chi connectivity index (χ4v) is 2.41. The fourth-order valence-electron chi connectivity index (χ4n) is 1.98. The lowest BCUT2D eigenvalue weighted by Crippen LogP contribution is -2.28. The molecule has 0 bridgehead atoms. The molecule has 0 radical (unpaired) electrons. The first-order valence-electron chi connectivity index (χ1n) is 6.97. The minimum Gasteiger partial charge on any atom is -0.339 e. The Bertz CT molecular complexity index is 541. The van der Waals surface area contributed by atoms with Crippen LogP contribution in [0.25, 0.3) is 0 Å². The van der Waals surface area contributed by atoms with Crippen LogP contribution in [0, 0.1) is 0 Å². The Labute approximate surface area is 128 Å². The first-order valence-corrected chi connectivity index (χ1v) is 7.76. The van der Waals surface area contributed by atoms with Crippen LogP contribution in [0.4, 0.5) is 0 Å². The molecule has 0 saturated carbocycles. The van der Waals surface area contributed by atoms with E-state index in [-0.39, 0.29) is 0 Å². The summed E-state index contributed by atoms with van der Waals surface area (Å²) in [6, 6.07) is 8.44. The van der Waals surface area contributed by atoms with Crippen molar-refractivity contribution < 1.29 is 4.52 Å². The van der Waals surface area contributed by atoms with Crippen LogP contribution in [-0.4, -0.2) is 22.7 Å². The number of halogens is 1. The maximum absolute atomic E-state index is 5.31. The van der Waals surface area contributed by atoms with Gasteiger partial charge in [0.15, 0.2) is 5.82 Å². The van der Waals surface area contributed by atoms with Crippen LogP contribution < -0.4 is 5.32 Å². The van der Waals surface area contributed by atoms with Gasteiger partial charge in [0.25, 0.3) is 0 Å². The lowest BCUT2D eigenvalue weighted by Gasteiger charge is -2.09. The molecule has 2 rings (SSSR count). The van der Waals surface area contributed by atoms with Crippen molar-refractivity contribution in [3.63, 3.8) is 0 Å². The zero-order valence-corrected chi connectivity index (χ0v) is 13.5. The van der Waals surface area contributed by atoms with Gasteiger partial charge in [0.1, 0.15) is 0 Å². The van der Waals surface area contributed by atoms with E-state index < -0.39 is 0 Å². The number of benzene rings is 1. The van der Waals surface area contributed by atoms with E-state index in [1.54, 1.807) is 0 Å². The van der Waals surface area contributed by atoms with Crippen molar-refractivity contribution in [2.45, 2.75) is 39.2 Å². The standard InChI is InChI=1S/C15H20BrN3O/c1-3-8-17-11(2)9-15-18-14(19-20-15)10-12-6-4-5-7-13(12)16/h4-7,11,17H,3,8-10H2,1-2H3. The van der Waals surface area contributed by atoms with Crippen molar-refractivity contribution in [2.24, 2.45) is 0 Å². The summed E-state index contributed by atoms with van der Waals surface area (Å²) >= 11 is 3.53. The van der Waals surface area contributed by atoms with E-state index in [2.05, 4.69) is 51.3 Å². The molecule has 1 N–H and O–H groups in total. The van der Waals surface area contributed by atoms with Crippen molar-refractivity contribution in [1.82, 2.24) is 15.5 Å². The first kappa shape index (κ1) is 15.2. The quantitative estimate of drug-likeness (QED) is 0.841. The van der Waals surface area contributed by atoms with E-state index in [1.165, 1.54) is 0 Å². The minimum absolute atomic E-state index is 0.353. The van der Waals surface area contributed by atoms with Crippen LogP contribution in [0.3, 0.4) is 0 Å². The van der Waals surface area contributed by atoms with E-state index in [9.17, 15) is 0 Å². The second kappa shape index (κ2) is 7.55. The van der Waals surface area contributed by atoms with Gasteiger partial charge in [-0.1, -0.05) is 46.2 Å². The van der Waals surface area contributed by atoms with E-state index >= 15 is 0 Å². The smallest absolute Gasteiger partial charge is 0.228 e. The summed E-state index contributed by atoms with van der Waals surface area (Å²) in [5.41, 5.74) is 1.16. The van der Waals surface area contributed by atoms with Crippen LogP contribution in [0.5, 0.6) is 0 Å². The SMILES string of the molecule is CCCNC(C)Cc1nc(Cc2ccccc2Br)no1. The molecule has 0 saturated heterocycles. The highest BCUT2D eigenvalue weighted by molar-refractivity contribution is 9.10. The minimum atomic E-state index is 0.353. The second-order valence-electron chi connectivity index (χ2n) is 4.93. The zero-order chi connectivity index (χ0) is 14.4. The summed E-state index contributed by atoms with van der Waals surface area (Å²) in [6.45, 7) is 5.30. The van der Waals surface area contributed by atoms with Crippen LogP contribution in [0.15, 0.2) is 33.3 Å². The Morgan fingerprint density at radius 1 is 1.35 bits per heavy atom. The molecule has 1 heterocycles. The molecule has 108 valence electrons. The van der Waals surface area contributed by atoms with Gasteiger partial charge < -0.3 is 9.84 Å². The molecule has 4 nitrogen and oxygen atoms in total. The van der Waals surface area contributed by atoms with Crippen molar-refractivity contribution in [2.75, 3.05) is 6.54 Å². The van der Waals surface area contributed by atoms with Crippen molar-refractivity contribution in [1.29, 1.82) is 0 Å². The third-order valence-corrected chi connectivity index (χ3v) is 3.81. The maximum Gasteiger partial charge on any atom is 0.228 e. The van der Waals surface area contributed by atoms with Gasteiger partial charge in [0, 0.05) is 23.4 Å².